The fraction of sp³-hybridized carbons (Fsp3) is 0.286. The molecular formula is C21H16Cl3F3N4O2. The molecule has 0 amide bonds. The Morgan fingerprint density at radius 3 is 2.52 bits per heavy atom. The molecule has 1 aromatic carbocycles. The van der Waals surface area contributed by atoms with Crippen molar-refractivity contribution in [1.29, 1.82) is 0 Å². The van der Waals surface area contributed by atoms with Gasteiger partial charge in [-0.2, -0.15) is 18.2 Å². The third kappa shape index (κ3) is 4.90. The van der Waals surface area contributed by atoms with Gasteiger partial charge in [0.2, 0.25) is 5.82 Å². The van der Waals surface area contributed by atoms with Gasteiger partial charge in [0, 0.05) is 24.0 Å². The summed E-state index contributed by atoms with van der Waals surface area (Å²) in [5, 5.41) is 4.34. The van der Waals surface area contributed by atoms with Crippen molar-refractivity contribution in [1.82, 2.24) is 19.5 Å². The first kappa shape index (κ1) is 23.7. The van der Waals surface area contributed by atoms with Crippen LogP contribution >= 0.6 is 34.8 Å². The summed E-state index contributed by atoms with van der Waals surface area (Å²) in [6.07, 6.45) is -1.40. The zero-order valence-electron chi connectivity index (χ0n) is 17.3. The van der Waals surface area contributed by atoms with Crippen molar-refractivity contribution in [3.8, 4) is 28.7 Å². The number of imidazole rings is 1. The van der Waals surface area contributed by atoms with Crippen molar-refractivity contribution in [2.24, 2.45) is 5.92 Å². The van der Waals surface area contributed by atoms with Gasteiger partial charge in [0.05, 0.1) is 27.2 Å². The van der Waals surface area contributed by atoms with E-state index >= 15 is 0 Å². The molecule has 12 heteroatoms. The van der Waals surface area contributed by atoms with Crippen molar-refractivity contribution >= 4 is 40.4 Å². The Kier molecular flexibility index (Phi) is 6.48. The number of hydrogen-bond acceptors (Lipinski definition) is 5. The second-order valence-corrected chi connectivity index (χ2v) is 8.66. The number of pyridine rings is 1. The molecule has 0 fully saturated rings. The number of aromatic nitrogens is 4. The minimum Gasteiger partial charge on any atom is -0.492 e. The monoisotopic (exact) mass is 518 g/mol. The van der Waals surface area contributed by atoms with E-state index in [-0.39, 0.29) is 28.1 Å². The molecule has 0 aliphatic heterocycles. The molecule has 33 heavy (non-hydrogen) atoms. The van der Waals surface area contributed by atoms with Crippen LogP contribution in [0, 0.1) is 5.92 Å². The van der Waals surface area contributed by atoms with E-state index in [9.17, 15) is 13.2 Å². The molecule has 0 bridgehead atoms. The summed E-state index contributed by atoms with van der Waals surface area (Å²) in [4.78, 5) is 8.47. The summed E-state index contributed by atoms with van der Waals surface area (Å²) in [5.74, 6) is 0.891. The fourth-order valence-electron chi connectivity index (χ4n) is 2.91. The SMILES string of the molecule is CCC(C)COc1cc(Cl)c(-c2noc(-c3cn4cc(C(F)(F)F)cc(Cl)c4n3)n2)cc1Cl. The summed E-state index contributed by atoms with van der Waals surface area (Å²) in [6, 6.07) is 3.93. The summed E-state index contributed by atoms with van der Waals surface area (Å²) >= 11 is 18.7. The first-order valence-electron chi connectivity index (χ1n) is 9.78. The van der Waals surface area contributed by atoms with E-state index in [0.29, 0.717) is 33.9 Å². The molecule has 3 aromatic heterocycles. The van der Waals surface area contributed by atoms with Crippen LogP contribution in [0.15, 0.2) is 35.1 Å². The van der Waals surface area contributed by atoms with Crippen LogP contribution in [-0.4, -0.2) is 26.1 Å². The third-order valence-electron chi connectivity index (χ3n) is 4.96. The molecule has 174 valence electrons. The molecule has 0 spiro atoms. The zero-order chi connectivity index (χ0) is 23.9. The molecule has 0 saturated carbocycles. The summed E-state index contributed by atoms with van der Waals surface area (Å²) in [5.41, 5.74) is -0.255. The van der Waals surface area contributed by atoms with Crippen LogP contribution in [0.3, 0.4) is 0 Å². The van der Waals surface area contributed by atoms with Gasteiger partial charge in [-0.15, -0.1) is 0 Å². The lowest BCUT2D eigenvalue weighted by molar-refractivity contribution is -0.137. The van der Waals surface area contributed by atoms with Gasteiger partial charge in [-0.25, -0.2) is 4.98 Å². The molecule has 4 aromatic rings. The molecule has 0 N–H and O–H groups in total. The number of nitrogens with zero attached hydrogens (tertiary/aromatic N) is 4. The van der Waals surface area contributed by atoms with Gasteiger partial charge < -0.3 is 13.7 Å². The second kappa shape index (κ2) is 9.04. The lowest BCUT2D eigenvalue weighted by atomic mass is 10.1. The van der Waals surface area contributed by atoms with Gasteiger partial charge in [0.1, 0.15) is 11.4 Å². The van der Waals surface area contributed by atoms with Crippen LogP contribution < -0.4 is 4.74 Å². The van der Waals surface area contributed by atoms with Crippen LogP contribution in [0.5, 0.6) is 5.75 Å². The van der Waals surface area contributed by atoms with Gasteiger partial charge in [0.25, 0.3) is 5.89 Å². The number of rotatable bonds is 6. The minimum atomic E-state index is -4.56. The van der Waals surface area contributed by atoms with Crippen molar-refractivity contribution in [2.75, 3.05) is 6.61 Å². The quantitative estimate of drug-likeness (QED) is 0.265. The van der Waals surface area contributed by atoms with E-state index in [1.807, 2.05) is 0 Å². The van der Waals surface area contributed by atoms with Crippen molar-refractivity contribution < 1.29 is 22.4 Å². The summed E-state index contributed by atoms with van der Waals surface area (Å²) in [6.45, 7) is 4.61. The van der Waals surface area contributed by atoms with Crippen LogP contribution in [-0.2, 0) is 6.18 Å². The van der Waals surface area contributed by atoms with E-state index in [4.69, 9.17) is 44.1 Å². The number of benzene rings is 1. The first-order chi connectivity index (χ1) is 15.6. The zero-order valence-corrected chi connectivity index (χ0v) is 19.5. The Hall–Kier alpha value is -2.49. The van der Waals surface area contributed by atoms with E-state index in [1.165, 1.54) is 6.20 Å². The molecule has 0 radical (unpaired) electrons. The largest absolute Gasteiger partial charge is 0.492 e. The summed E-state index contributed by atoms with van der Waals surface area (Å²) < 4.78 is 51.3. The van der Waals surface area contributed by atoms with Crippen LogP contribution in [0.25, 0.3) is 28.6 Å². The molecular weight excluding hydrogens is 504 g/mol. The van der Waals surface area contributed by atoms with E-state index in [0.717, 1.165) is 23.1 Å². The smallest absolute Gasteiger partial charge is 0.417 e. The Morgan fingerprint density at radius 1 is 1.06 bits per heavy atom. The van der Waals surface area contributed by atoms with Gasteiger partial charge >= 0.3 is 6.18 Å². The molecule has 4 rings (SSSR count). The number of halogens is 6. The molecule has 3 heterocycles. The molecule has 1 unspecified atom stereocenters. The highest BCUT2D eigenvalue weighted by Crippen LogP contribution is 2.37. The van der Waals surface area contributed by atoms with E-state index in [2.05, 4.69) is 29.0 Å². The molecule has 0 saturated heterocycles. The number of alkyl halides is 3. The number of hydrogen-bond donors (Lipinski definition) is 0. The highest BCUT2D eigenvalue weighted by Gasteiger charge is 2.32. The van der Waals surface area contributed by atoms with Crippen molar-refractivity contribution in [3.05, 3.63) is 51.2 Å². The van der Waals surface area contributed by atoms with Gasteiger partial charge in [-0.05, 0) is 18.1 Å². The molecule has 1 atom stereocenters. The Bertz CT molecular complexity index is 1320. The average molecular weight is 520 g/mol. The first-order valence-corrected chi connectivity index (χ1v) is 10.9. The lowest BCUT2D eigenvalue weighted by Crippen LogP contribution is -2.07. The topological polar surface area (TPSA) is 65.5 Å². The molecule has 6 nitrogen and oxygen atoms in total. The van der Waals surface area contributed by atoms with Crippen molar-refractivity contribution in [2.45, 2.75) is 26.4 Å². The minimum absolute atomic E-state index is 0.0254. The Labute approximate surface area is 201 Å². The summed E-state index contributed by atoms with van der Waals surface area (Å²) in [7, 11) is 0. The highest BCUT2D eigenvalue weighted by atomic mass is 35.5. The number of fused-ring (bicyclic) bond motifs is 1. The van der Waals surface area contributed by atoms with Crippen LogP contribution in [0.4, 0.5) is 13.2 Å². The van der Waals surface area contributed by atoms with Gasteiger partial charge in [-0.1, -0.05) is 60.2 Å². The normalized spacial score (nSPS) is 13.0. The van der Waals surface area contributed by atoms with Gasteiger partial charge in [-0.3, -0.25) is 0 Å². The maximum atomic E-state index is 13.1. The second-order valence-electron chi connectivity index (χ2n) is 7.44. The average Bonchev–Trinajstić information content (AvgIpc) is 3.40. The predicted molar refractivity (Wildman–Crippen MR) is 119 cm³/mol. The standard InChI is InChI=1S/C21H16Cl3F3N4O2/c1-3-10(2)9-32-17-6-13(22)12(5-14(17)23)18-29-20(33-30-18)16-8-31-7-11(21(25,26)27)4-15(24)19(31)28-16/h4-8,10H,3,9H2,1-2H3. The van der Waals surface area contributed by atoms with Gasteiger partial charge in [0.15, 0.2) is 5.65 Å². The van der Waals surface area contributed by atoms with Crippen molar-refractivity contribution in [3.63, 3.8) is 0 Å². The predicted octanol–water partition coefficient (Wildman–Crippen LogP) is 7.46. The fourth-order valence-corrected chi connectivity index (χ4v) is 3.63. The van der Waals surface area contributed by atoms with Crippen LogP contribution in [0.2, 0.25) is 15.1 Å². The number of ether oxygens (including phenoxy) is 1. The van der Waals surface area contributed by atoms with E-state index in [1.54, 1.807) is 12.1 Å². The lowest BCUT2D eigenvalue weighted by Gasteiger charge is -2.13. The third-order valence-corrected chi connectivity index (χ3v) is 5.85. The van der Waals surface area contributed by atoms with Crippen LogP contribution in [0.1, 0.15) is 25.8 Å². The molecule has 0 aliphatic carbocycles. The Morgan fingerprint density at radius 2 is 1.82 bits per heavy atom. The maximum absolute atomic E-state index is 13.1. The highest BCUT2D eigenvalue weighted by molar-refractivity contribution is 6.36. The van der Waals surface area contributed by atoms with E-state index < -0.39 is 11.7 Å². The molecule has 0 aliphatic rings. The maximum Gasteiger partial charge on any atom is 0.417 e. The Balaban J connectivity index is 1.65.